The molecule has 1 aliphatic heterocycles. The highest BCUT2D eigenvalue weighted by atomic mass is 16.2. The second kappa shape index (κ2) is 10.6. The number of rotatable bonds is 7. The quantitative estimate of drug-likeness (QED) is 0.726. The zero-order valence-electron chi connectivity index (χ0n) is 16.3. The molecule has 2 aromatic rings. The van der Waals surface area contributed by atoms with E-state index in [4.69, 9.17) is 0 Å². The molecule has 2 aromatic carbocycles. The first-order valence-electron chi connectivity index (χ1n) is 10.1. The summed E-state index contributed by atoms with van der Waals surface area (Å²) in [6, 6.07) is 20.4. The molecule has 0 saturated carbocycles. The van der Waals surface area contributed by atoms with Crippen LogP contribution in [0.15, 0.2) is 60.7 Å². The van der Waals surface area contributed by atoms with Gasteiger partial charge in [0.2, 0.25) is 0 Å². The van der Waals surface area contributed by atoms with Gasteiger partial charge in [-0.15, -0.1) is 0 Å². The van der Waals surface area contributed by atoms with Gasteiger partial charge in [-0.05, 0) is 49.4 Å². The molecule has 0 spiro atoms. The van der Waals surface area contributed by atoms with E-state index in [0.29, 0.717) is 19.0 Å². The van der Waals surface area contributed by atoms with Crippen LogP contribution >= 0.6 is 0 Å². The van der Waals surface area contributed by atoms with Crippen molar-refractivity contribution in [2.24, 2.45) is 5.92 Å². The first kappa shape index (κ1) is 20.1. The van der Waals surface area contributed by atoms with Crippen LogP contribution in [-0.2, 0) is 22.6 Å². The minimum Gasteiger partial charge on any atom is -0.348 e. The summed E-state index contributed by atoms with van der Waals surface area (Å²) >= 11 is 0. The molecule has 1 saturated heterocycles. The van der Waals surface area contributed by atoms with Crippen LogP contribution in [0.5, 0.6) is 0 Å². The summed E-state index contributed by atoms with van der Waals surface area (Å²) in [5, 5.41) is 5.49. The highest BCUT2D eigenvalue weighted by Crippen LogP contribution is 2.18. The van der Waals surface area contributed by atoms with Gasteiger partial charge in [0.25, 0.3) is 0 Å². The van der Waals surface area contributed by atoms with Crippen molar-refractivity contribution in [1.29, 1.82) is 0 Å². The lowest BCUT2D eigenvalue weighted by molar-refractivity contribution is -0.139. The molecule has 28 heavy (non-hydrogen) atoms. The monoisotopic (exact) mass is 379 g/mol. The van der Waals surface area contributed by atoms with E-state index in [1.165, 1.54) is 5.56 Å². The van der Waals surface area contributed by atoms with Crippen LogP contribution in [0.2, 0.25) is 0 Å². The largest absolute Gasteiger partial charge is 0.348 e. The minimum atomic E-state index is -0.544. The molecule has 2 N–H and O–H groups in total. The van der Waals surface area contributed by atoms with Gasteiger partial charge in [-0.1, -0.05) is 60.7 Å². The van der Waals surface area contributed by atoms with Crippen molar-refractivity contribution in [2.75, 3.05) is 26.2 Å². The van der Waals surface area contributed by atoms with Gasteiger partial charge < -0.3 is 10.6 Å². The Morgan fingerprint density at radius 2 is 1.39 bits per heavy atom. The SMILES string of the molecule is O=C(NCCc1ccccc1)C(=O)NCC1CCN(Cc2ccccc2)CC1. The van der Waals surface area contributed by atoms with E-state index in [1.54, 1.807) is 0 Å². The number of piperidine rings is 1. The Balaban J connectivity index is 1.30. The molecule has 5 heteroatoms. The average molecular weight is 380 g/mol. The van der Waals surface area contributed by atoms with Crippen molar-refractivity contribution in [3.63, 3.8) is 0 Å². The zero-order valence-corrected chi connectivity index (χ0v) is 16.3. The van der Waals surface area contributed by atoms with E-state index in [2.05, 4.69) is 39.8 Å². The second-order valence-electron chi connectivity index (χ2n) is 7.41. The van der Waals surface area contributed by atoms with E-state index in [1.807, 2.05) is 36.4 Å². The standard InChI is InChI=1S/C23H29N3O2/c27-22(24-14-11-19-7-3-1-4-8-19)23(28)25-17-20-12-15-26(16-13-20)18-21-9-5-2-6-10-21/h1-10,20H,11-18H2,(H,24,27)(H,25,28). The first-order valence-corrected chi connectivity index (χ1v) is 10.1. The summed E-state index contributed by atoms with van der Waals surface area (Å²) in [4.78, 5) is 26.4. The highest BCUT2D eigenvalue weighted by Gasteiger charge is 2.21. The third kappa shape index (κ3) is 6.50. The number of benzene rings is 2. The van der Waals surface area contributed by atoms with Crippen LogP contribution in [0.25, 0.3) is 0 Å². The average Bonchev–Trinajstić information content (AvgIpc) is 2.74. The maximum absolute atomic E-state index is 12.0. The summed E-state index contributed by atoms with van der Waals surface area (Å²) in [6.07, 6.45) is 2.81. The number of carbonyl (C=O) groups excluding carboxylic acids is 2. The summed E-state index contributed by atoms with van der Waals surface area (Å²) < 4.78 is 0. The highest BCUT2D eigenvalue weighted by molar-refractivity contribution is 6.35. The number of likely N-dealkylation sites (tertiary alicyclic amines) is 1. The predicted octanol–water partition coefficient (Wildman–Crippen LogP) is 2.37. The van der Waals surface area contributed by atoms with Crippen molar-refractivity contribution in [1.82, 2.24) is 15.5 Å². The maximum Gasteiger partial charge on any atom is 0.309 e. The number of nitrogens with zero attached hydrogens (tertiary/aromatic N) is 1. The van der Waals surface area contributed by atoms with Crippen LogP contribution in [0.1, 0.15) is 24.0 Å². The molecular weight excluding hydrogens is 350 g/mol. The third-order valence-corrected chi connectivity index (χ3v) is 5.26. The summed E-state index contributed by atoms with van der Waals surface area (Å²) in [5.41, 5.74) is 2.48. The van der Waals surface area contributed by atoms with Crippen molar-refractivity contribution in [2.45, 2.75) is 25.8 Å². The van der Waals surface area contributed by atoms with Gasteiger partial charge in [-0.3, -0.25) is 14.5 Å². The Hall–Kier alpha value is -2.66. The summed E-state index contributed by atoms with van der Waals surface area (Å²) in [7, 11) is 0. The Kier molecular flexibility index (Phi) is 7.62. The third-order valence-electron chi connectivity index (χ3n) is 5.26. The van der Waals surface area contributed by atoms with Gasteiger partial charge in [0.1, 0.15) is 0 Å². The van der Waals surface area contributed by atoms with Gasteiger partial charge in [0.05, 0.1) is 0 Å². The molecule has 0 aliphatic carbocycles. The number of nitrogens with one attached hydrogen (secondary N) is 2. The molecule has 5 nitrogen and oxygen atoms in total. The topological polar surface area (TPSA) is 61.4 Å². The summed E-state index contributed by atoms with van der Waals surface area (Å²) in [6.45, 7) is 4.07. The van der Waals surface area contributed by atoms with Crippen LogP contribution in [0.3, 0.4) is 0 Å². The molecule has 1 heterocycles. The molecule has 0 atom stereocenters. The van der Waals surface area contributed by atoms with Crippen molar-refractivity contribution < 1.29 is 9.59 Å². The fourth-order valence-electron chi connectivity index (χ4n) is 3.55. The van der Waals surface area contributed by atoms with Crippen LogP contribution in [0.4, 0.5) is 0 Å². The smallest absolute Gasteiger partial charge is 0.309 e. The van der Waals surface area contributed by atoms with E-state index >= 15 is 0 Å². The summed E-state index contributed by atoms with van der Waals surface area (Å²) in [5.74, 6) is -0.634. The van der Waals surface area contributed by atoms with Crippen molar-refractivity contribution in [3.8, 4) is 0 Å². The van der Waals surface area contributed by atoms with Crippen LogP contribution < -0.4 is 10.6 Å². The molecule has 2 amide bonds. The number of hydrogen-bond donors (Lipinski definition) is 2. The van der Waals surface area contributed by atoms with Gasteiger partial charge in [0, 0.05) is 19.6 Å². The molecular formula is C23H29N3O2. The van der Waals surface area contributed by atoms with E-state index < -0.39 is 11.8 Å². The maximum atomic E-state index is 12.0. The first-order chi connectivity index (χ1) is 13.7. The number of carbonyl (C=O) groups is 2. The lowest BCUT2D eigenvalue weighted by Crippen LogP contribution is -2.44. The van der Waals surface area contributed by atoms with Gasteiger partial charge in [-0.25, -0.2) is 0 Å². The normalized spacial score (nSPS) is 15.1. The van der Waals surface area contributed by atoms with Gasteiger partial charge >= 0.3 is 11.8 Å². The van der Waals surface area contributed by atoms with Gasteiger partial charge in [-0.2, -0.15) is 0 Å². The molecule has 0 radical (unpaired) electrons. The van der Waals surface area contributed by atoms with E-state index in [-0.39, 0.29) is 0 Å². The fourth-order valence-corrected chi connectivity index (χ4v) is 3.55. The van der Waals surface area contributed by atoms with Crippen molar-refractivity contribution >= 4 is 11.8 Å². The van der Waals surface area contributed by atoms with Crippen LogP contribution in [-0.4, -0.2) is 42.9 Å². The molecule has 3 rings (SSSR count). The molecule has 0 unspecified atom stereocenters. The number of hydrogen-bond acceptors (Lipinski definition) is 3. The van der Waals surface area contributed by atoms with E-state index in [0.717, 1.165) is 44.5 Å². The van der Waals surface area contributed by atoms with Crippen LogP contribution in [0, 0.1) is 5.92 Å². The van der Waals surface area contributed by atoms with Gasteiger partial charge in [0.15, 0.2) is 0 Å². The Bertz CT molecular complexity index is 741. The zero-order chi connectivity index (χ0) is 19.6. The molecule has 1 fully saturated rings. The lowest BCUT2D eigenvalue weighted by Gasteiger charge is -2.32. The Labute approximate surface area is 167 Å². The molecule has 148 valence electrons. The van der Waals surface area contributed by atoms with E-state index in [9.17, 15) is 9.59 Å². The lowest BCUT2D eigenvalue weighted by atomic mass is 9.96. The number of amides is 2. The van der Waals surface area contributed by atoms with Crippen molar-refractivity contribution in [3.05, 3.63) is 71.8 Å². The predicted molar refractivity (Wildman–Crippen MR) is 111 cm³/mol. The minimum absolute atomic E-state index is 0.438. The molecule has 0 bridgehead atoms. The second-order valence-corrected chi connectivity index (χ2v) is 7.41. The molecule has 1 aliphatic rings. The molecule has 0 aromatic heterocycles. The Morgan fingerprint density at radius 3 is 2.04 bits per heavy atom. The fraction of sp³-hybridized carbons (Fsp3) is 0.391. The Morgan fingerprint density at radius 1 is 0.821 bits per heavy atom.